The standard InChI is InChI=1S/C22H16N2O5S/c1-2-28-19-13-15(21-23-17-5-3-4-6-20(17)30-21)9-12-18(19)29-22(25)14-7-10-16(11-8-14)24(26)27/h3-13H,2H2,1H3. The number of rotatable bonds is 6. The number of benzene rings is 3. The van der Waals surface area contributed by atoms with E-state index in [1.165, 1.54) is 24.3 Å². The van der Waals surface area contributed by atoms with E-state index in [2.05, 4.69) is 4.98 Å². The molecule has 1 heterocycles. The zero-order valence-corrected chi connectivity index (χ0v) is 16.7. The second-order valence-corrected chi connectivity index (χ2v) is 7.31. The summed E-state index contributed by atoms with van der Waals surface area (Å²) in [7, 11) is 0. The van der Waals surface area contributed by atoms with Crippen LogP contribution in [0.4, 0.5) is 5.69 Å². The van der Waals surface area contributed by atoms with Gasteiger partial charge in [-0.1, -0.05) is 12.1 Å². The van der Waals surface area contributed by atoms with Gasteiger partial charge < -0.3 is 9.47 Å². The molecule has 0 atom stereocenters. The first-order valence-corrected chi connectivity index (χ1v) is 9.96. The number of thiazole rings is 1. The number of non-ortho nitro benzene ring substituents is 1. The molecule has 4 aromatic rings. The molecule has 3 aromatic carbocycles. The zero-order chi connectivity index (χ0) is 21.1. The SMILES string of the molecule is CCOc1cc(-c2nc3ccccc3s2)ccc1OC(=O)c1ccc([N+](=O)[O-])cc1. The maximum Gasteiger partial charge on any atom is 0.343 e. The number of nitrogens with zero attached hydrogens (tertiary/aromatic N) is 2. The number of hydrogen-bond donors (Lipinski definition) is 0. The Morgan fingerprint density at radius 1 is 1.07 bits per heavy atom. The molecule has 0 unspecified atom stereocenters. The van der Waals surface area contributed by atoms with Crippen molar-refractivity contribution in [3.63, 3.8) is 0 Å². The van der Waals surface area contributed by atoms with Crippen LogP contribution in [-0.2, 0) is 0 Å². The Balaban J connectivity index is 1.61. The number of esters is 1. The lowest BCUT2D eigenvalue weighted by atomic mass is 10.2. The van der Waals surface area contributed by atoms with E-state index < -0.39 is 10.9 Å². The van der Waals surface area contributed by atoms with Gasteiger partial charge in [-0.15, -0.1) is 11.3 Å². The van der Waals surface area contributed by atoms with Crippen molar-refractivity contribution in [1.82, 2.24) is 4.98 Å². The van der Waals surface area contributed by atoms with Gasteiger partial charge in [-0.05, 0) is 49.4 Å². The Bertz CT molecular complexity index is 1200. The number of fused-ring (bicyclic) bond motifs is 1. The van der Waals surface area contributed by atoms with Crippen LogP contribution < -0.4 is 9.47 Å². The van der Waals surface area contributed by atoms with Crippen molar-refractivity contribution in [3.8, 4) is 22.1 Å². The Morgan fingerprint density at radius 3 is 2.53 bits per heavy atom. The molecule has 0 aliphatic carbocycles. The number of nitro benzene ring substituents is 1. The fourth-order valence-corrected chi connectivity index (χ4v) is 3.83. The van der Waals surface area contributed by atoms with Gasteiger partial charge in [0.25, 0.3) is 5.69 Å². The van der Waals surface area contributed by atoms with Gasteiger partial charge in [-0.25, -0.2) is 9.78 Å². The topological polar surface area (TPSA) is 91.6 Å². The van der Waals surface area contributed by atoms with Crippen molar-refractivity contribution in [3.05, 3.63) is 82.4 Å². The molecule has 30 heavy (non-hydrogen) atoms. The Hall–Kier alpha value is -3.78. The van der Waals surface area contributed by atoms with Crippen LogP contribution in [0, 0.1) is 10.1 Å². The minimum absolute atomic E-state index is 0.0956. The summed E-state index contributed by atoms with van der Waals surface area (Å²) >= 11 is 1.57. The Morgan fingerprint density at radius 2 is 1.83 bits per heavy atom. The molecule has 0 spiro atoms. The fourth-order valence-electron chi connectivity index (χ4n) is 2.87. The molecule has 7 nitrogen and oxygen atoms in total. The summed E-state index contributed by atoms with van der Waals surface area (Å²) < 4.78 is 12.2. The summed E-state index contributed by atoms with van der Waals surface area (Å²) in [6.45, 7) is 2.23. The molecular formula is C22H16N2O5S. The van der Waals surface area contributed by atoms with E-state index in [0.717, 1.165) is 20.8 Å². The van der Waals surface area contributed by atoms with Gasteiger partial charge in [0, 0.05) is 17.7 Å². The van der Waals surface area contributed by atoms with E-state index >= 15 is 0 Å². The van der Waals surface area contributed by atoms with Gasteiger partial charge in [0.2, 0.25) is 0 Å². The Labute approximate surface area is 175 Å². The average molecular weight is 420 g/mol. The van der Waals surface area contributed by atoms with Crippen LogP contribution in [0.3, 0.4) is 0 Å². The molecular weight excluding hydrogens is 404 g/mol. The number of carbonyl (C=O) groups excluding carboxylic acids is 1. The zero-order valence-electron chi connectivity index (χ0n) is 15.9. The summed E-state index contributed by atoms with van der Waals surface area (Å²) in [6.07, 6.45) is 0. The third kappa shape index (κ3) is 3.99. The van der Waals surface area contributed by atoms with Crippen molar-refractivity contribution in [1.29, 1.82) is 0 Å². The maximum absolute atomic E-state index is 12.5. The quantitative estimate of drug-likeness (QED) is 0.177. The van der Waals surface area contributed by atoms with E-state index in [1.807, 2.05) is 37.3 Å². The van der Waals surface area contributed by atoms with Crippen LogP contribution >= 0.6 is 11.3 Å². The van der Waals surface area contributed by atoms with E-state index in [1.54, 1.807) is 23.5 Å². The van der Waals surface area contributed by atoms with Crippen LogP contribution in [-0.4, -0.2) is 22.5 Å². The maximum atomic E-state index is 12.5. The number of para-hydroxylation sites is 1. The molecule has 1 aromatic heterocycles. The minimum Gasteiger partial charge on any atom is -0.490 e. The summed E-state index contributed by atoms with van der Waals surface area (Å²) in [5.74, 6) is 0.0631. The third-order valence-corrected chi connectivity index (χ3v) is 5.39. The summed E-state index contributed by atoms with van der Waals surface area (Å²) in [5.41, 5.74) is 1.89. The lowest BCUT2D eigenvalue weighted by Crippen LogP contribution is -2.09. The predicted molar refractivity (Wildman–Crippen MR) is 114 cm³/mol. The van der Waals surface area contributed by atoms with Crippen molar-refractivity contribution in [2.75, 3.05) is 6.61 Å². The van der Waals surface area contributed by atoms with Crippen molar-refractivity contribution >= 4 is 33.2 Å². The van der Waals surface area contributed by atoms with Crippen LogP contribution in [0.5, 0.6) is 11.5 Å². The predicted octanol–water partition coefficient (Wildman–Crippen LogP) is 5.49. The first-order valence-electron chi connectivity index (χ1n) is 9.14. The second-order valence-electron chi connectivity index (χ2n) is 6.27. The summed E-state index contributed by atoms with van der Waals surface area (Å²) in [6, 6.07) is 18.4. The fraction of sp³-hybridized carbons (Fsp3) is 0.0909. The van der Waals surface area contributed by atoms with E-state index in [-0.39, 0.29) is 17.0 Å². The number of hydrogen-bond acceptors (Lipinski definition) is 7. The van der Waals surface area contributed by atoms with Crippen molar-refractivity contribution in [2.24, 2.45) is 0 Å². The summed E-state index contributed by atoms with van der Waals surface area (Å²) in [5, 5.41) is 11.6. The van der Waals surface area contributed by atoms with Gasteiger partial charge in [-0.2, -0.15) is 0 Å². The molecule has 0 bridgehead atoms. The highest BCUT2D eigenvalue weighted by Gasteiger charge is 2.16. The molecule has 0 saturated heterocycles. The Kier molecular flexibility index (Phi) is 5.40. The van der Waals surface area contributed by atoms with Gasteiger partial charge in [0.05, 0.1) is 27.3 Å². The van der Waals surface area contributed by atoms with Gasteiger partial charge >= 0.3 is 5.97 Å². The van der Waals surface area contributed by atoms with Crippen LogP contribution in [0.25, 0.3) is 20.8 Å². The van der Waals surface area contributed by atoms with Gasteiger partial charge in [0.15, 0.2) is 11.5 Å². The van der Waals surface area contributed by atoms with Crippen LogP contribution in [0.15, 0.2) is 66.7 Å². The van der Waals surface area contributed by atoms with E-state index in [9.17, 15) is 14.9 Å². The molecule has 0 amide bonds. The highest BCUT2D eigenvalue weighted by atomic mass is 32.1. The largest absolute Gasteiger partial charge is 0.490 e. The van der Waals surface area contributed by atoms with Gasteiger partial charge in [0.1, 0.15) is 5.01 Å². The normalized spacial score (nSPS) is 10.7. The first kappa shape index (κ1) is 19.5. The smallest absolute Gasteiger partial charge is 0.343 e. The lowest BCUT2D eigenvalue weighted by molar-refractivity contribution is -0.384. The minimum atomic E-state index is -0.626. The number of ether oxygens (including phenoxy) is 2. The van der Waals surface area contributed by atoms with Crippen molar-refractivity contribution in [2.45, 2.75) is 6.92 Å². The number of carbonyl (C=O) groups is 1. The lowest BCUT2D eigenvalue weighted by Gasteiger charge is -2.11. The molecule has 4 rings (SSSR count). The highest BCUT2D eigenvalue weighted by molar-refractivity contribution is 7.21. The molecule has 0 radical (unpaired) electrons. The summed E-state index contributed by atoms with van der Waals surface area (Å²) in [4.78, 5) is 27.4. The monoisotopic (exact) mass is 420 g/mol. The van der Waals surface area contributed by atoms with Crippen LogP contribution in [0.1, 0.15) is 17.3 Å². The number of nitro groups is 1. The van der Waals surface area contributed by atoms with Crippen LogP contribution in [0.2, 0.25) is 0 Å². The third-order valence-electron chi connectivity index (χ3n) is 4.30. The van der Waals surface area contributed by atoms with Gasteiger partial charge in [-0.3, -0.25) is 10.1 Å². The second kappa shape index (κ2) is 8.30. The molecule has 8 heteroatoms. The first-order chi connectivity index (χ1) is 14.5. The molecule has 0 aliphatic rings. The molecule has 0 N–H and O–H groups in total. The molecule has 0 saturated carbocycles. The average Bonchev–Trinajstić information content (AvgIpc) is 3.19. The van der Waals surface area contributed by atoms with E-state index in [4.69, 9.17) is 9.47 Å². The molecule has 0 fully saturated rings. The molecule has 0 aliphatic heterocycles. The van der Waals surface area contributed by atoms with Crippen molar-refractivity contribution < 1.29 is 19.2 Å². The molecule has 150 valence electrons. The van der Waals surface area contributed by atoms with E-state index in [0.29, 0.717) is 12.4 Å². The highest BCUT2D eigenvalue weighted by Crippen LogP contribution is 2.36. The number of aromatic nitrogens is 1.